The highest BCUT2D eigenvalue weighted by molar-refractivity contribution is 5.99. The Labute approximate surface area is 127 Å². The van der Waals surface area contributed by atoms with E-state index in [0.29, 0.717) is 13.1 Å². The lowest BCUT2D eigenvalue weighted by molar-refractivity contribution is -0.129. The number of para-hydroxylation sites is 1. The Morgan fingerprint density at radius 1 is 1.36 bits per heavy atom. The van der Waals surface area contributed by atoms with Crippen LogP contribution in [0.3, 0.4) is 0 Å². The van der Waals surface area contributed by atoms with Gasteiger partial charge in [-0.2, -0.15) is 5.10 Å². The van der Waals surface area contributed by atoms with Crippen molar-refractivity contribution in [1.29, 1.82) is 0 Å². The minimum Gasteiger partial charge on any atom is -0.361 e. The number of nitrogens with one attached hydrogen (secondary N) is 4. The number of benzene rings is 1. The first-order valence-corrected chi connectivity index (χ1v) is 7.13. The van der Waals surface area contributed by atoms with Crippen molar-refractivity contribution in [2.24, 2.45) is 5.10 Å². The minimum atomic E-state index is -0.489. The van der Waals surface area contributed by atoms with E-state index in [2.05, 4.69) is 26.1 Å². The molecule has 1 aromatic heterocycles. The first-order valence-electron chi connectivity index (χ1n) is 7.13. The number of H-pyrrole nitrogens is 1. The zero-order chi connectivity index (χ0) is 15.4. The molecule has 2 heterocycles. The standard InChI is InChI=1S/C15H17N5O2/c21-14(7-13-15(22)17-6-5-16-13)20-19-9-10-8-18-12-4-2-1-3-11(10)12/h1-4,8-9,13,16,18H,5-7H2,(H,17,22)(H,20,21)/b19-9+. The number of rotatable bonds is 4. The van der Waals surface area contributed by atoms with E-state index in [4.69, 9.17) is 0 Å². The molecule has 1 saturated heterocycles. The second-order valence-corrected chi connectivity index (χ2v) is 5.08. The van der Waals surface area contributed by atoms with Gasteiger partial charge in [0.1, 0.15) is 0 Å². The molecule has 114 valence electrons. The van der Waals surface area contributed by atoms with E-state index >= 15 is 0 Å². The summed E-state index contributed by atoms with van der Waals surface area (Å²) in [7, 11) is 0. The molecule has 1 aliphatic rings. The smallest absolute Gasteiger partial charge is 0.242 e. The first kappa shape index (κ1) is 14.3. The number of nitrogens with zero attached hydrogens (tertiary/aromatic N) is 1. The summed E-state index contributed by atoms with van der Waals surface area (Å²) in [6.45, 7) is 1.26. The van der Waals surface area contributed by atoms with E-state index in [-0.39, 0.29) is 18.2 Å². The Bertz CT molecular complexity index is 722. The number of fused-ring (bicyclic) bond motifs is 1. The van der Waals surface area contributed by atoms with Gasteiger partial charge in [-0.05, 0) is 6.07 Å². The Morgan fingerprint density at radius 2 is 2.23 bits per heavy atom. The SMILES string of the molecule is O=C(CC1NCCNC1=O)N/N=C/c1c[nH]c2ccccc12. The van der Waals surface area contributed by atoms with Crippen LogP contribution in [-0.4, -0.2) is 42.1 Å². The predicted molar refractivity (Wildman–Crippen MR) is 83.5 cm³/mol. The van der Waals surface area contributed by atoms with Crippen molar-refractivity contribution in [3.05, 3.63) is 36.0 Å². The van der Waals surface area contributed by atoms with Crippen LogP contribution in [-0.2, 0) is 9.59 Å². The average Bonchev–Trinajstić information content (AvgIpc) is 2.93. The van der Waals surface area contributed by atoms with Crippen LogP contribution in [0.15, 0.2) is 35.6 Å². The summed E-state index contributed by atoms with van der Waals surface area (Å²) >= 11 is 0. The quantitative estimate of drug-likeness (QED) is 0.476. The molecule has 0 saturated carbocycles. The lowest BCUT2D eigenvalue weighted by Gasteiger charge is -2.22. The summed E-state index contributed by atoms with van der Waals surface area (Å²) in [5.74, 6) is -0.451. The number of piperazine rings is 1. The van der Waals surface area contributed by atoms with E-state index in [1.807, 2.05) is 30.5 Å². The largest absolute Gasteiger partial charge is 0.361 e. The molecule has 1 unspecified atom stereocenters. The van der Waals surface area contributed by atoms with Gasteiger partial charge in [0.05, 0.1) is 18.7 Å². The fraction of sp³-hybridized carbons (Fsp3) is 0.267. The van der Waals surface area contributed by atoms with Gasteiger partial charge in [0.2, 0.25) is 11.8 Å². The number of hydrazone groups is 1. The second-order valence-electron chi connectivity index (χ2n) is 5.08. The number of carbonyl (C=O) groups excluding carboxylic acids is 2. The predicted octanol–water partition coefficient (Wildman–Crippen LogP) is 0.0961. The number of hydrogen-bond acceptors (Lipinski definition) is 4. The topological polar surface area (TPSA) is 98.4 Å². The van der Waals surface area contributed by atoms with Crippen molar-refractivity contribution in [2.75, 3.05) is 13.1 Å². The lowest BCUT2D eigenvalue weighted by atomic mass is 10.1. The van der Waals surface area contributed by atoms with Crippen LogP contribution in [0.1, 0.15) is 12.0 Å². The molecular formula is C15H17N5O2. The van der Waals surface area contributed by atoms with Gasteiger partial charge in [0.15, 0.2) is 0 Å². The Morgan fingerprint density at radius 3 is 3.09 bits per heavy atom. The number of carbonyl (C=O) groups is 2. The average molecular weight is 299 g/mol. The Kier molecular flexibility index (Phi) is 4.15. The van der Waals surface area contributed by atoms with Gasteiger partial charge >= 0.3 is 0 Å². The highest BCUT2D eigenvalue weighted by atomic mass is 16.2. The maximum atomic E-state index is 11.8. The van der Waals surface area contributed by atoms with Crippen molar-refractivity contribution in [2.45, 2.75) is 12.5 Å². The molecule has 7 heteroatoms. The summed E-state index contributed by atoms with van der Waals surface area (Å²) < 4.78 is 0. The van der Waals surface area contributed by atoms with Crippen LogP contribution < -0.4 is 16.1 Å². The molecule has 1 atom stereocenters. The molecular weight excluding hydrogens is 282 g/mol. The number of aromatic amines is 1. The molecule has 0 spiro atoms. The van der Waals surface area contributed by atoms with Crippen LogP contribution in [0.4, 0.5) is 0 Å². The zero-order valence-electron chi connectivity index (χ0n) is 11.9. The molecule has 1 aromatic carbocycles. The molecule has 0 aliphatic carbocycles. The third kappa shape index (κ3) is 3.15. The van der Waals surface area contributed by atoms with Crippen LogP contribution in [0, 0.1) is 0 Å². The van der Waals surface area contributed by atoms with Crippen molar-refractivity contribution < 1.29 is 9.59 Å². The fourth-order valence-corrected chi connectivity index (χ4v) is 2.42. The molecule has 1 fully saturated rings. The number of amides is 2. The molecule has 0 radical (unpaired) electrons. The van der Waals surface area contributed by atoms with Gasteiger partial charge in [-0.3, -0.25) is 9.59 Å². The van der Waals surface area contributed by atoms with Crippen LogP contribution in [0.25, 0.3) is 10.9 Å². The Hall–Kier alpha value is -2.67. The molecule has 2 aromatic rings. The summed E-state index contributed by atoms with van der Waals surface area (Å²) in [5, 5.41) is 10.7. The van der Waals surface area contributed by atoms with Gasteiger partial charge in [-0.15, -0.1) is 0 Å². The molecule has 4 N–H and O–H groups in total. The van der Waals surface area contributed by atoms with Crippen molar-refractivity contribution in [3.8, 4) is 0 Å². The minimum absolute atomic E-state index is 0.0665. The van der Waals surface area contributed by atoms with Crippen molar-refractivity contribution in [1.82, 2.24) is 21.0 Å². The van der Waals surface area contributed by atoms with Crippen LogP contribution in [0.2, 0.25) is 0 Å². The number of hydrogen-bond donors (Lipinski definition) is 4. The second kappa shape index (κ2) is 6.40. The summed E-state index contributed by atoms with van der Waals surface area (Å²) in [6, 6.07) is 7.35. The van der Waals surface area contributed by atoms with E-state index in [1.165, 1.54) is 0 Å². The summed E-state index contributed by atoms with van der Waals surface area (Å²) in [6.07, 6.45) is 3.48. The number of aromatic nitrogens is 1. The summed E-state index contributed by atoms with van der Waals surface area (Å²) in [5.41, 5.74) is 4.36. The highest BCUT2D eigenvalue weighted by Crippen LogP contribution is 2.15. The normalized spacial score (nSPS) is 18.5. The van der Waals surface area contributed by atoms with Crippen LogP contribution in [0.5, 0.6) is 0 Å². The third-order valence-electron chi connectivity index (χ3n) is 3.54. The monoisotopic (exact) mass is 299 g/mol. The van der Waals surface area contributed by atoms with Crippen molar-refractivity contribution >= 4 is 28.9 Å². The highest BCUT2D eigenvalue weighted by Gasteiger charge is 2.23. The zero-order valence-corrected chi connectivity index (χ0v) is 11.9. The molecule has 3 rings (SSSR count). The van der Waals surface area contributed by atoms with E-state index in [9.17, 15) is 9.59 Å². The van der Waals surface area contributed by atoms with Crippen LogP contribution >= 0.6 is 0 Å². The molecule has 2 amide bonds. The fourth-order valence-electron chi connectivity index (χ4n) is 2.42. The summed E-state index contributed by atoms with van der Waals surface area (Å²) in [4.78, 5) is 26.5. The van der Waals surface area contributed by atoms with Crippen molar-refractivity contribution in [3.63, 3.8) is 0 Å². The van der Waals surface area contributed by atoms with Gasteiger partial charge in [0, 0.05) is 35.8 Å². The Balaban J connectivity index is 1.57. The first-order chi connectivity index (χ1) is 10.7. The van der Waals surface area contributed by atoms with E-state index in [1.54, 1.807) is 6.21 Å². The third-order valence-corrected chi connectivity index (χ3v) is 3.54. The van der Waals surface area contributed by atoms with E-state index < -0.39 is 6.04 Å². The molecule has 1 aliphatic heterocycles. The molecule has 7 nitrogen and oxygen atoms in total. The lowest BCUT2D eigenvalue weighted by Crippen LogP contribution is -2.54. The van der Waals surface area contributed by atoms with Gasteiger partial charge in [-0.25, -0.2) is 5.43 Å². The van der Waals surface area contributed by atoms with Gasteiger partial charge in [-0.1, -0.05) is 18.2 Å². The van der Waals surface area contributed by atoms with E-state index in [0.717, 1.165) is 16.5 Å². The molecule has 0 bridgehead atoms. The van der Waals surface area contributed by atoms with Gasteiger partial charge in [0.25, 0.3) is 0 Å². The van der Waals surface area contributed by atoms with Gasteiger partial charge < -0.3 is 15.6 Å². The maximum Gasteiger partial charge on any atom is 0.242 e. The molecule has 22 heavy (non-hydrogen) atoms. The maximum absolute atomic E-state index is 11.8.